The largest absolute Gasteiger partial charge is 0.508 e. The van der Waals surface area contributed by atoms with E-state index in [1.807, 2.05) is 38.1 Å². The lowest BCUT2D eigenvalue weighted by atomic mass is 10.1. The Morgan fingerprint density at radius 2 is 1.82 bits per heavy atom. The van der Waals surface area contributed by atoms with Crippen molar-refractivity contribution in [3.05, 3.63) is 29.8 Å². The molecule has 1 aromatic rings. The van der Waals surface area contributed by atoms with Gasteiger partial charge in [0.25, 0.3) is 0 Å². The highest BCUT2D eigenvalue weighted by molar-refractivity contribution is 5.25. The van der Waals surface area contributed by atoms with Gasteiger partial charge < -0.3 is 20.4 Å². The first-order valence-electron chi connectivity index (χ1n) is 5.75. The van der Waals surface area contributed by atoms with Crippen molar-refractivity contribution < 1.29 is 10.2 Å². The van der Waals surface area contributed by atoms with Gasteiger partial charge in [0.1, 0.15) is 5.75 Å². The van der Waals surface area contributed by atoms with Crippen LogP contribution in [0.1, 0.15) is 12.5 Å². The zero-order valence-corrected chi connectivity index (χ0v) is 10.8. The van der Waals surface area contributed by atoms with Crippen LogP contribution in [0.4, 0.5) is 0 Å². The van der Waals surface area contributed by atoms with Gasteiger partial charge in [-0.15, -0.1) is 0 Å². The van der Waals surface area contributed by atoms with E-state index in [-0.39, 0.29) is 5.75 Å². The Labute approximate surface area is 103 Å². The molecule has 0 heterocycles. The van der Waals surface area contributed by atoms with Crippen molar-refractivity contribution in [2.75, 3.05) is 27.2 Å². The molecule has 0 fully saturated rings. The summed E-state index contributed by atoms with van der Waals surface area (Å²) in [5, 5.41) is 22.4. The summed E-state index contributed by atoms with van der Waals surface area (Å²) >= 11 is 0. The second-order valence-corrected chi connectivity index (χ2v) is 5.00. The Balaban J connectivity index is 2.34. The number of nitrogens with one attached hydrogen (secondary N) is 1. The number of rotatable bonds is 6. The molecule has 4 nitrogen and oxygen atoms in total. The Bertz CT molecular complexity index is 334. The molecule has 0 saturated carbocycles. The van der Waals surface area contributed by atoms with Gasteiger partial charge in [0.15, 0.2) is 0 Å². The van der Waals surface area contributed by atoms with Crippen LogP contribution in [-0.4, -0.2) is 47.9 Å². The molecule has 0 bridgehead atoms. The van der Waals surface area contributed by atoms with E-state index in [1.165, 1.54) is 0 Å². The Morgan fingerprint density at radius 3 is 2.35 bits per heavy atom. The maximum Gasteiger partial charge on any atom is 0.115 e. The summed E-state index contributed by atoms with van der Waals surface area (Å²) < 4.78 is 0. The maximum atomic E-state index is 10.1. The van der Waals surface area contributed by atoms with Crippen LogP contribution in [0.15, 0.2) is 24.3 Å². The van der Waals surface area contributed by atoms with Gasteiger partial charge in [0, 0.05) is 19.6 Å². The number of phenols is 1. The summed E-state index contributed by atoms with van der Waals surface area (Å²) in [6.45, 7) is 3.66. The molecule has 3 N–H and O–H groups in total. The molecule has 0 amide bonds. The second-order valence-electron chi connectivity index (χ2n) is 5.00. The number of nitrogens with zero attached hydrogens (tertiary/aromatic N) is 1. The zero-order chi connectivity index (χ0) is 12.9. The molecule has 0 aromatic heterocycles. The first kappa shape index (κ1) is 14.0. The number of aliphatic hydroxyl groups is 1. The fraction of sp³-hybridized carbons (Fsp3) is 0.538. The summed E-state index contributed by atoms with van der Waals surface area (Å²) in [5.41, 5.74) is 0.351. The Kier molecular flexibility index (Phi) is 4.93. The third-order valence-electron chi connectivity index (χ3n) is 2.43. The van der Waals surface area contributed by atoms with Gasteiger partial charge in [0.05, 0.1) is 5.60 Å². The van der Waals surface area contributed by atoms with Crippen molar-refractivity contribution in [3.63, 3.8) is 0 Å². The molecule has 0 aliphatic heterocycles. The minimum Gasteiger partial charge on any atom is -0.508 e. The molecule has 4 heteroatoms. The second kappa shape index (κ2) is 6.00. The number of hydrogen-bond donors (Lipinski definition) is 3. The van der Waals surface area contributed by atoms with Crippen molar-refractivity contribution in [1.29, 1.82) is 0 Å². The normalized spacial score (nSPS) is 14.9. The smallest absolute Gasteiger partial charge is 0.115 e. The maximum absolute atomic E-state index is 10.1. The molecule has 17 heavy (non-hydrogen) atoms. The molecule has 1 atom stereocenters. The van der Waals surface area contributed by atoms with Crippen LogP contribution in [0.2, 0.25) is 0 Å². The van der Waals surface area contributed by atoms with Crippen LogP contribution in [0.25, 0.3) is 0 Å². The van der Waals surface area contributed by atoms with E-state index < -0.39 is 5.60 Å². The van der Waals surface area contributed by atoms with Gasteiger partial charge in [-0.25, -0.2) is 0 Å². The van der Waals surface area contributed by atoms with Crippen molar-refractivity contribution in [2.45, 2.75) is 19.1 Å². The Hall–Kier alpha value is -1.10. The third-order valence-corrected chi connectivity index (χ3v) is 2.43. The van der Waals surface area contributed by atoms with Crippen LogP contribution in [-0.2, 0) is 6.54 Å². The first-order chi connectivity index (χ1) is 7.89. The van der Waals surface area contributed by atoms with Crippen LogP contribution >= 0.6 is 0 Å². The minimum atomic E-state index is -0.736. The molecular formula is C13H22N2O2. The van der Waals surface area contributed by atoms with E-state index in [4.69, 9.17) is 5.11 Å². The van der Waals surface area contributed by atoms with E-state index in [2.05, 4.69) is 5.32 Å². The monoisotopic (exact) mass is 238 g/mol. The van der Waals surface area contributed by atoms with Crippen LogP contribution in [0, 0.1) is 0 Å². The fourth-order valence-electron chi connectivity index (χ4n) is 1.83. The van der Waals surface area contributed by atoms with E-state index in [0.717, 1.165) is 5.56 Å². The number of benzene rings is 1. The highest BCUT2D eigenvalue weighted by Crippen LogP contribution is 2.09. The van der Waals surface area contributed by atoms with Crippen LogP contribution in [0.3, 0.4) is 0 Å². The van der Waals surface area contributed by atoms with Crippen molar-refractivity contribution in [1.82, 2.24) is 10.2 Å². The van der Waals surface area contributed by atoms with Gasteiger partial charge >= 0.3 is 0 Å². The molecule has 0 spiro atoms. The topological polar surface area (TPSA) is 55.7 Å². The molecule has 0 aliphatic carbocycles. The Morgan fingerprint density at radius 1 is 1.24 bits per heavy atom. The standard InChI is InChI=1S/C13H22N2O2/c1-13(17,10-15(2)3)9-14-8-11-4-6-12(16)7-5-11/h4-7,14,16-17H,8-10H2,1-3H3. The fourth-order valence-corrected chi connectivity index (χ4v) is 1.83. The molecule has 0 saturated heterocycles. The quantitative estimate of drug-likeness (QED) is 0.686. The number of likely N-dealkylation sites (N-methyl/N-ethyl adjacent to an activating group) is 1. The summed E-state index contributed by atoms with van der Waals surface area (Å²) in [7, 11) is 3.88. The van der Waals surface area contributed by atoms with Crippen molar-refractivity contribution in [3.8, 4) is 5.75 Å². The predicted molar refractivity (Wildman–Crippen MR) is 69.0 cm³/mol. The zero-order valence-electron chi connectivity index (χ0n) is 10.8. The summed E-state index contributed by atoms with van der Waals surface area (Å²) in [5.74, 6) is 0.272. The van der Waals surface area contributed by atoms with E-state index >= 15 is 0 Å². The molecule has 0 radical (unpaired) electrons. The lowest BCUT2D eigenvalue weighted by molar-refractivity contribution is 0.0336. The van der Waals surface area contributed by atoms with E-state index in [9.17, 15) is 5.11 Å². The van der Waals surface area contributed by atoms with Gasteiger partial charge in [-0.2, -0.15) is 0 Å². The van der Waals surface area contributed by atoms with Gasteiger partial charge in [-0.1, -0.05) is 12.1 Å². The van der Waals surface area contributed by atoms with Gasteiger partial charge in [0.2, 0.25) is 0 Å². The minimum absolute atomic E-state index is 0.272. The highest BCUT2D eigenvalue weighted by Gasteiger charge is 2.20. The highest BCUT2D eigenvalue weighted by atomic mass is 16.3. The van der Waals surface area contributed by atoms with Crippen LogP contribution in [0.5, 0.6) is 5.75 Å². The molecule has 1 rings (SSSR count). The van der Waals surface area contributed by atoms with Crippen molar-refractivity contribution >= 4 is 0 Å². The van der Waals surface area contributed by atoms with E-state index in [1.54, 1.807) is 12.1 Å². The average Bonchev–Trinajstić information content (AvgIpc) is 2.18. The predicted octanol–water partition coefficient (Wildman–Crippen LogP) is 0.794. The summed E-state index contributed by atoms with van der Waals surface area (Å²) in [6.07, 6.45) is 0. The summed E-state index contributed by atoms with van der Waals surface area (Å²) in [6, 6.07) is 7.05. The van der Waals surface area contributed by atoms with Gasteiger partial charge in [-0.3, -0.25) is 0 Å². The number of aromatic hydroxyl groups is 1. The molecule has 1 aromatic carbocycles. The van der Waals surface area contributed by atoms with Crippen LogP contribution < -0.4 is 5.32 Å². The average molecular weight is 238 g/mol. The van der Waals surface area contributed by atoms with Crippen molar-refractivity contribution in [2.24, 2.45) is 0 Å². The molecule has 0 aliphatic rings. The SMILES string of the molecule is CN(C)CC(C)(O)CNCc1ccc(O)cc1. The number of phenolic OH excluding ortho intramolecular Hbond substituents is 1. The van der Waals surface area contributed by atoms with Gasteiger partial charge in [-0.05, 0) is 38.7 Å². The molecule has 96 valence electrons. The third kappa shape index (κ3) is 5.68. The molecular weight excluding hydrogens is 216 g/mol. The summed E-state index contributed by atoms with van der Waals surface area (Å²) in [4.78, 5) is 1.96. The lowest BCUT2D eigenvalue weighted by Crippen LogP contribution is -2.45. The number of hydrogen-bond acceptors (Lipinski definition) is 4. The van der Waals surface area contributed by atoms with E-state index in [0.29, 0.717) is 19.6 Å². The first-order valence-corrected chi connectivity index (χ1v) is 5.75. The lowest BCUT2D eigenvalue weighted by Gasteiger charge is -2.27. The molecule has 1 unspecified atom stereocenters.